The number of hydrogen-bond acceptors (Lipinski definition) is 3. The molecule has 0 aliphatic heterocycles. The Balaban J connectivity index is 1.87. The third-order valence-corrected chi connectivity index (χ3v) is 5.26. The number of hydrogen-bond donors (Lipinski definition) is 0. The van der Waals surface area contributed by atoms with Gasteiger partial charge in [-0.15, -0.1) is 0 Å². The molecule has 0 radical (unpaired) electrons. The van der Waals surface area contributed by atoms with Gasteiger partial charge < -0.3 is 9.47 Å². The molecule has 0 aliphatic rings. The van der Waals surface area contributed by atoms with E-state index >= 15 is 0 Å². The van der Waals surface area contributed by atoms with Gasteiger partial charge in [-0.25, -0.2) is 4.39 Å². The van der Waals surface area contributed by atoms with Crippen molar-refractivity contribution >= 4 is 21.4 Å². The average molecular weight is 364 g/mol. The molecule has 0 amide bonds. The Morgan fingerprint density at radius 1 is 0.846 bits per heavy atom. The Kier molecular flexibility index (Phi) is 4.35. The quantitative estimate of drug-likeness (QED) is 0.396. The first-order chi connectivity index (χ1) is 12.6. The lowest BCUT2D eigenvalue weighted by Crippen LogP contribution is -1.85. The molecule has 0 fully saturated rings. The number of fused-ring (bicyclic) bond motifs is 1. The molecule has 0 spiro atoms. The van der Waals surface area contributed by atoms with Crippen molar-refractivity contribution < 1.29 is 13.9 Å². The molecule has 1 heterocycles. The molecule has 0 bridgehead atoms. The SMILES string of the molecule is COc1ccc2c(-c3ccc(F)cc3)c(Oc3ccc(C)cc3)sc2c1. The second kappa shape index (κ2) is 6.81. The largest absolute Gasteiger partial charge is 0.497 e. The first kappa shape index (κ1) is 16.6. The molecule has 130 valence electrons. The van der Waals surface area contributed by atoms with Crippen LogP contribution in [0.3, 0.4) is 0 Å². The maximum Gasteiger partial charge on any atom is 0.189 e. The minimum Gasteiger partial charge on any atom is -0.497 e. The Labute approximate surface area is 155 Å². The summed E-state index contributed by atoms with van der Waals surface area (Å²) in [7, 11) is 1.65. The van der Waals surface area contributed by atoms with Crippen molar-refractivity contribution in [2.45, 2.75) is 6.92 Å². The highest BCUT2D eigenvalue weighted by Crippen LogP contribution is 2.47. The van der Waals surface area contributed by atoms with Crippen LogP contribution < -0.4 is 9.47 Å². The molecule has 4 heteroatoms. The van der Waals surface area contributed by atoms with E-state index in [9.17, 15) is 4.39 Å². The fraction of sp³-hybridized carbons (Fsp3) is 0.0909. The Hall–Kier alpha value is -2.85. The molecule has 0 saturated heterocycles. The minimum atomic E-state index is -0.254. The van der Waals surface area contributed by atoms with Gasteiger partial charge in [0.25, 0.3) is 0 Å². The van der Waals surface area contributed by atoms with Crippen LogP contribution in [0.2, 0.25) is 0 Å². The van der Waals surface area contributed by atoms with E-state index in [1.54, 1.807) is 30.6 Å². The van der Waals surface area contributed by atoms with Crippen molar-refractivity contribution in [3.63, 3.8) is 0 Å². The zero-order valence-corrected chi connectivity index (χ0v) is 15.3. The van der Waals surface area contributed by atoms with Gasteiger partial charge in [0.2, 0.25) is 0 Å². The molecule has 26 heavy (non-hydrogen) atoms. The van der Waals surface area contributed by atoms with E-state index in [0.717, 1.165) is 37.8 Å². The average Bonchev–Trinajstić information content (AvgIpc) is 3.01. The summed E-state index contributed by atoms with van der Waals surface area (Å²) in [6, 6.07) is 20.4. The van der Waals surface area contributed by atoms with Gasteiger partial charge >= 0.3 is 0 Å². The van der Waals surface area contributed by atoms with Gasteiger partial charge in [0.05, 0.1) is 7.11 Å². The standard InChI is InChI=1S/C22H17FO2S/c1-14-3-9-17(10-4-14)25-22-21(15-5-7-16(23)8-6-15)19-12-11-18(24-2)13-20(19)26-22/h3-13H,1-2H3. The Morgan fingerprint density at radius 3 is 2.23 bits per heavy atom. The molecule has 3 aromatic carbocycles. The van der Waals surface area contributed by atoms with Crippen LogP contribution in [-0.2, 0) is 0 Å². The third-order valence-electron chi connectivity index (χ3n) is 4.23. The predicted octanol–water partition coefficient (Wildman–Crippen LogP) is 6.82. The molecule has 0 aliphatic carbocycles. The van der Waals surface area contributed by atoms with Gasteiger partial charge in [-0.05, 0) is 55.0 Å². The summed E-state index contributed by atoms with van der Waals surface area (Å²) in [6.07, 6.45) is 0. The van der Waals surface area contributed by atoms with Crippen LogP contribution in [0.15, 0.2) is 66.7 Å². The van der Waals surface area contributed by atoms with E-state index in [2.05, 4.69) is 0 Å². The monoisotopic (exact) mass is 364 g/mol. The molecular formula is C22H17FO2S. The number of rotatable bonds is 4. The minimum absolute atomic E-state index is 0.254. The van der Waals surface area contributed by atoms with Crippen LogP contribution in [0.5, 0.6) is 16.6 Å². The summed E-state index contributed by atoms with van der Waals surface area (Å²) in [5, 5.41) is 1.84. The number of aryl methyl sites for hydroxylation is 1. The van der Waals surface area contributed by atoms with E-state index in [4.69, 9.17) is 9.47 Å². The van der Waals surface area contributed by atoms with Crippen LogP contribution in [0.4, 0.5) is 4.39 Å². The van der Waals surface area contributed by atoms with Crippen molar-refractivity contribution in [1.29, 1.82) is 0 Å². The third kappa shape index (κ3) is 3.16. The highest BCUT2D eigenvalue weighted by Gasteiger charge is 2.17. The van der Waals surface area contributed by atoms with Crippen molar-refractivity contribution in [3.8, 4) is 27.7 Å². The van der Waals surface area contributed by atoms with Gasteiger partial charge in [-0.2, -0.15) is 0 Å². The predicted molar refractivity (Wildman–Crippen MR) is 105 cm³/mol. The number of methoxy groups -OCH3 is 1. The summed E-state index contributed by atoms with van der Waals surface area (Å²) >= 11 is 1.56. The Morgan fingerprint density at radius 2 is 1.54 bits per heavy atom. The molecule has 4 aromatic rings. The molecule has 0 unspecified atom stereocenters. The van der Waals surface area contributed by atoms with Crippen LogP contribution >= 0.6 is 11.3 Å². The number of halogens is 1. The molecule has 2 nitrogen and oxygen atoms in total. The van der Waals surface area contributed by atoms with Gasteiger partial charge in [0, 0.05) is 15.6 Å². The van der Waals surface area contributed by atoms with Gasteiger partial charge in [-0.1, -0.05) is 41.2 Å². The molecule has 0 atom stereocenters. The van der Waals surface area contributed by atoms with E-state index in [1.165, 1.54) is 17.7 Å². The highest BCUT2D eigenvalue weighted by molar-refractivity contribution is 7.21. The number of ether oxygens (including phenoxy) is 2. The molecule has 4 rings (SSSR count). The molecule has 1 aromatic heterocycles. The van der Waals surface area contributed by atoms with Crippen molar-refractivity contribution in [1.82, 2.24) is 0 Å². The summed E-state index contributed by atoms with van der Waals surface area (Å²) in [4.78, 5) is 0. The maximum atomic E-state index is 13.4. The second-order valence-electron chi connectivity index (χ2n) is 6.05. The van der Waals surface area contributed by atoms with E-state index in [-0.39, 0.29) is 5.82 Å². The van der Waals surface area contributed by atoms with Crippen molar-refractivity contribution in [2.75, 3.05) is 7.11 Å². The van der Waals surface area contributed by atoms with Crippen LogP contribution in [0.1, 0.15) is 5.56 Å². The fourth-order valence-electron chi connectivity index (χ4n) is 2.86. The van der Waals surface area contributed by atoms with E-state index in [1.807, 2.05) is 49.4 Å². The lowest BCUT2D eigenvalue weighted by atomic mass is 10.0. The topological polar surface area (TPSA) is 18.5 Å². The normalized spacial score (nSPS) is 10.9. The number of thiophene rings is 1. The second-order valence-corrected chi connectivity index (χ2v) is 7.06. The first-order valence-corrected chi connectivity index (χ1v) is 9.07. The van der Waals surface area contributed by atoms with E-state index < -0.39 is 0 Å². The zero-order valence-electron chi connectivity index (χ0n) is 14.5. The zero-order chi connectivity index (χ0) is 18.1. The lowest BCUT2D eigenvalue weighted by molar-refractivity contribution is 0.415. The lowest BCUT2D eigenvalue weighted by Gasteiger charge is -2.08. The Bertz CT molecular complexity index is 1050. The van der Waals surface area contributed by atoms with Gasteiger partial charge in [0.1, 0.15) is 17.3 Å². The molecule has 0 N–H and O–H groups in total. The smallest absolute Gasteiger partial charge is 0.189 e. The van der Waals surface area contributed by atoms with Crippen molar-refractivity contribution in [3.05, 3.63) is 78.1 Å². The van der Waals surface area contributed by atoms with Crippen LogP contribution in [-0.4, -0.2) is 7.11 Å². The molecule has 0 saturated carbocycles. The first-order valence-electron chi connectivity index (χ1n) is 8.25. The summed E-state index contributed by atoms with van der Waals surface area (Å²) in [5.41, 5.74) is 3.07. The summed E-state index contributed by atoms with van der Waals surface area (Å²) in [5.74, 6) is 1.32. The van der Waals surface area contributed by atoms with Gasteiger partial charge in [-0.3, -0.25) is 0 Å². The van der Waals surface area contributed by atoms with Crippen LogP contribution in [0, 0.1) is 12.7 Å². The van der Waals surface area contributed by atoms with Crippen molar-refractivity contribution in [2.24, 2.45) is 0 Å². The highest BCUT2D eigenvalue weighted by atomic mass is 32.1. The van der Waals surface area contributed by atoms with E-state index in [0.29, 0.717) is 0 Å². The number of benzene rings is 3. The van der Waals surface area contributed by atoms with Gasteiger partial charge in [0.15, 0.2) is 5.06 Å². The van der Waals surface area contributed by atoms with Crippen LogP contribution in [0.25, 0.3) is 21.2 Å². The summed E-state index contributed by atoms with van der Waals surface area (Å²) < 4.78 is 26.0. The summed E-state index contributed by atoms with van der Waals surface area (Å²) in [6.45, 7) is 2.04. The maximum absolute atomic E-state index is 13.4. The molecular weight excluding hydrogens is 347 g/mol. The fourth-order valence-corrected chi connectivity index (χ4v) is 3.98.